The van der Waals surface area contributed by atoms with E-state index in [0.717, 1.165) is 6.54 Å². The molecule has 0 aromatic carbocycles. The van der Waals surface area contributed by atoms with Crippen molar-refractivity contribution in [1.82, 2.24) is 4.90 Å². The molecular formula is C12H23NO4. The summed E-state index contributed by atoms with van der Waals surface area (Å²) in [6.45, 7) is 7.16. The topological polar surface area (TPSA) is 55.8 Å². The van der Waals surface area contributed by atoms with Gasteiger partial charge in [0.15, 0.2) is 0 Å². The van der Waals surface area contributed by atoms with Crippen molar-refractivity contribution in [3.05, 3.63) is 0 Å². The highest BCUT2D eigenvalue weighted by molar-refractivity contribution is 5.72. The molecule has 0 bridgehead atoms. The SMILES string of the molecule is CCN(CCC(=O)OC)C(C)C(C)C(=O)OC. The first-order valence-electron chi connectivity index (χ1n) is 5.86. The standard InChI is InChI=1S/C12H23NO4/c1-6-13(8-7-11(14)16-4)10(3)9(2)12(15)17-5/h9-10H,6-8H2,1-5H3. The number of ether oxygens (including phenoxy) is 2. The van der Waals surface area contributed by atoms with Gasteiger partial charge >= 0.3 is 11.9 Å². The summed E-state index contributed by atoms with van der Waals surface area (Å²) < 4.78 is 9.31. The van der Waals surface area contributed by atoms with Gasteiger partial charge in [-0.1, -0.05) is 13.8 Å². The van der Waals surface area contributed by atoms with Crippen molar-refractivity contribution >= 4 is 11.9 Å². The molecule has 17 heavy (non-hydrogen) atoms. The molecular weight excluding hydrogens is 222 g/mol. The number of carbonyl (C=O) groups excluding carboxylic acids is 2. The van der Waals surface area contributed by atoms with Gasteiger partial charge in [0.05, 0.1) is 26.6 Å². The monoisotopic (exact) mass is 245 g/mol. The van der Waals surface area contributed by atoms with Crippen LogP contribution >= 0.6 is 0 Å². The number of rotatable bonds is 7. The smallest absolute Gasteiger partial charge is 0.309 e. The van der Waals surface area contributed by atoms with Crippen LogP contribution < -0.4 is 0 Å². The third-order valence-corrected chi connectivity index (χ3v) is 3.11. The van der Waals surface area contributed by atoms with Crippen LogP contribution in [-0.4, -0.2) is 50.2 Å². The van der Waals surface area contributed by atoms with Crippen LogP contribution in [0.15, 0.2) is 0 Å². The Morgan fingerprint density at radius 3 is 2.18 bits per heavy atom. The quantitative estimate of drug-likeness (QED) is 0.628. The van der Waals surface area contributed by atoms with Gasteiger partial charge in [-0.25, -0.2) is 0 Å². The third kappa shape index (κ3) is 5.17. The largest absolute Gasteiger partial charge is 0.469 e. The fraction of sp³-hybridized carbons (Fsp3) is 0.833. The summed E-state index contributed by atoms with van der Waals surface area (Å²) in [6, 6.07) is 0.0390. The van der Waals surface area contributed by atoms with E-state index in [9.17, 15) is 9.59 Å². The fourth-order valence-electron chi connectivity index (χ4n) is 1.69. The first-order valence-corrected chi connectivity index (χ1v) is 5.86. The normalized spacial score (nSPS) is 14.2. The molecule has 0 aromatic heterocycles. The number of hydrogen-bond acceptors (Lipinski definition) is 5. The van der Waals surface area contributed by atoms with E-state index in [2.05, 4.69) is 9.64 Å². The van der Waals surface area contributed by atoms with E-state index in [-0.39, 0.29) is 23.9 Å². The second-order valence-corrected chi connectivity index (χ2v) is 4.01. The lowest BCUT2D eigenvalue weighted by Crippen LogP contribution is -2.41. The van der Waals surface area contributed by atoms with Gasteiger partial charge in [-0.05, 0) is 13.5 Å². The van der Waals surface area contributed by atoms with Gasteiger partial charge in [0.1, 0.15) is 0 Å². The third-order valence-electron chi connectivity index (χ3n) is 3.11. The number of hydrogen-bond donors (Lipinski definition) is 0. The van der Waals surface area contributed by atoms with Crippen molar-refractivity contribution in [2.75, 3.05) is 27.3 Å². The Balaban J connectivity index is 4.34. The summed E-state index contributed by atoms with van der Waals surface area (Å²) in [5.74, 6) is -0.673. The van der Waals surface area contributed by atoms with Crippen LogP contribution in [0.4, 0.5) is 0 Å². The molecule has 0 spiro atoms. The summed E-state index contributed by atoms with van der Waals surface area (Å²) in [6.07, 6.45) is 0.336. The summed E-state index contributed by atoms with van der Waals surface area (Å²) in [4.78, 5) is 24.6. The average Bonchev–Trinajstić information content (AvgIpc) is 2.36. The lowest BCUT2D eigenvalue weighted by atomic mass is 10.0. The van der Waals surface area contributed by atoms with Crippen LogP contribution in [0.3, 0.4) is 0 Å². The van der Waals surface area contributed by atoms with E-state index < -0.39 is 0 Å². The van der Waals surface area contributed by atoms with Crippen LogP contribution in [0.25, 0.3) is 0 Å². The van der Waals surface area contributed by atoms with E-state index in [0.29, 0.717) is 13.0 Å². The molecule has 0 amide bonds. The van der Waals surface area contributed by atoms with E-state index >= 15 is 0 Å². The van der Waals surface area contributed by atoms with Gasteiger partial charge in [0.2, 0.25) is 0 Å². The van der Waals surface area contributed by atoms with Crippen LogP contribution in [0.5, 0.6) is 0 Å². The van der Waals surface area contributed by atoms with Gasteiger partial charge in [0, 0.05) is 12.6 Å². The molecule has 0 rings (SSSR count). The molecule has 0 aromatic rings. The Morgan fingerprint density at radius 1 is 1.18 bits per heavy atom. The minimum atomic E-state index is -0.235. The van der Waals surface area contributed by atoms with Crippen LogP contribution in [-0.2, 0) is 19.1 Å². The van der Waals surface area contributed by atoms with Crippen molar-refractivity contribution in [3.8, 4) is 0 Å². The molecule has 2 unspecified atom stereocenters. The number of carbonyl (C=O) groups is 2. The zero-order valence-corrected chi connectivity index (χ0v) is 11.4. The molecule has 0 saturated carbocycles. The van der Waals surface area contributed by atoms with Crippen molar-refractivity contribution < 1.29 is 19.1 Å². The summed E-state index contributed by atoms with van der Waals surface area (Å²) in [5, 5.41) is 0. The lowest BCUT2D eigenvalue weighted by Gasteiger charge is -2.30. The molecule has 100 valence electrons. The predicted molar refractivity (Wildman–Crippen MR) is 64.5 cm³/mol. The Bertz CT molecular complexity index is 255. The van der Waals surface area contributed by atoms with Gasteiger partial charge in [-0.15, -0.1) is 0 Å². The number of esters is 2. The molecule has 2 atom stereocenters. The van der Waals surface area contributed by atoms with Crippen molar-refractivity contribution in [2.45, 2.75) is 33.2 Å². The molecule has 5 nitrogen and oxygen atoms in total. The zero-order chi connectivity index (χ0) is 13.4. The van der Waals surface area contributed by atoms with Gasteiger partial charge < -0.3 is 9.47 Å². The average molecular weight is 245 g/mol. The molecule has 0 aliphatic rings. The predicted octanol–water partition coefficient (Wildman–Crippen LogP) is 1.07. The first kappa shape index (κ1) is 15.9. The second-order valence-electron chi connectivity index (χ2n) is 4.01. The van der Waals surface area contributed by atoms with Crippen LogP contribution in [0, 0.1) is 5.92 Å². The second kappa shape index (κ2) is 8.06. The van der Waals surface area contributed by atoms with E-state index in [1.54, 1.807) is 0 Å². The maximum Gasteiger partial charge on any atom is 0.309 e. The summed E-state index contributed by atoms with van der Waals surface area (Å²) in [7, 11) is 2.76. The lowest BCUT2D eigenvalue weighted by molar-refractivity contribution is -0.147. The molecule has 0 heterocycles. The van der Waals surface area contributed by atoms with Gasteiger partial charge in [-0.2, -0.15) is 0 Å². The van der Waals surface area contributed by atoms with Crippen LogP contribution in [0.2, 0.25) is 0 Å². The minimum Gasteiger partial charge on any atom is -0.469 e. The molecule has 0 aliphatic carbocycles. The van der Waals surface area contributed by atoms with E-state index in [1.807, 2.05) is 20.8 Å². The zero-order valence-electron chi connectivity index (χ0n) is 11.4. The van der Waals surface area contributed by atoms with Crippen molar-refractivity contribution in [1.29, 1.82) is 0 Å². The highest BCUT2D eigenvalue weighted by Gasteiger charge is 2.25. The van der Waals surface area contributed by atoms with Gasteiger partial charge in [-0.3, -0.25) is 14.5 Å². The summed E-state index contributed by atoms with van der Waals surface area (Å²) >= 11 is 0. The highest BCUT2D eigenvalue weighted by atomic mass is 16.5. The maximum atomic E-state index is 11.4. The number of nitrogens with zero attached hydrogens (tertiary/aromatic N) is 1. The van der Waals surface area contributed by atoms with Crippen molar-refractivity contribution in [3.63, 3.8) is 0 Å². The van der Waals surface area contributed by atoms with Crippen LogP contribution in [0.1, 0.15) is 27.2 Å². The Hall–Kier alpha value is -1.10. The molecule has 5 heteroatoms. The highest BCUT2D eigenvalue weighted by Crippen LogP contribution is 2.12. The molecule has 0 fully saturated rings. The molecule has 0 saturated heterocycles. The first-order chi connectivity index (χ1) is 7.97. The van der Waals surface area contributed by atoms with Gasteiger partial charge in [0.25, 0.3) is 0 Å². The van der Waals surface area contributed by atoms with Crippen molar-refractivity contribution in [2.24, 2.45) is 5.92 Å². The van der Waals surface area contributed by atoms with E-state index in [1.165, 1.54) is 14.2 Å². The Kier molecular flexibility index (Phi) is 7.54. The molecule has 0 radical (unpaired) electrons. The Morgan fingerprint density at radius 2 is 1.76 bits per heavy atom. The van der Waals surface area contributed by atoms with E-state index in [4.69, 9.17) is 4.74 Å². The molecule has 0 aliphatic heterocycles. The Labute approximate surface area is 103 Å². The minimum absolute atomic E-state index is 0.0390. The molecule has 0 N–H and O–H groups in total. The number of methoxy groups -OCH3 is 2. The summed E-state index contributed by atoms with van der Waals surface area (Å²) in [5.41, 5.74) is 0. The fourth-order valence-corrected chi connectivity index (χ4v) is 1.69. The maximum absolute atomic E-state index is 11.4.